The second-order valence-corrected chi connectivity index (χ2v) is 18.4. The monoisotopic (exact) mass is 793 g/mol. The van der Waals surface area contributed by atoms with Gasteiger partial charge in [-0.1, -0.05) is 173 Å². The van der Waals surface area contributed by atoms with Crippen molar-refractivity contribution in [2.75, 3.05) is 4.90 Å². The normalized spacial score (nSPS) is 14.4. The van der Waals surface area contributed by atoms with Crippen LogP contribution >= 0.6 is 0 Å². The van der Waals surface area contributed by atoms with Crippen molar-refractivity contribution in [3.05, 3.63) is 210 Å². The highest BCUT2D eigenvalue weighted by atomic mass is 16.3. The first-order chi connectivity index (χ1) is 30.3. The van der Waals surface area contributed by atoms with Gasteiger partial charge in [-0.2, -0.15) is 0 Å². The minimum Gasteiger partial charge on any atom is -0.455 e. The maximum atomic E-state index is 7.17. The van der Waals surface area contributed by atoms with Crippen LogP contribution in [-0.2, 0) is 10.8 Å². The Balaban J connectivity index is 1.19. The molecule has 1 heterocycles. The van der Waals surface area contributed by atoms with Crippen LogP contribution in [0.3, 0.4) is 0 Å². The minimum absolute atomic E-state index is 0.181. The second kappa shape index (κ2) is 12.6. The standard InChI is InChI=1S/C60H43NO/c1-59(2)50-23-13-11-19-44(50)46-29-27-39(34-52(46)59)61(40-28-30-47-45-20-12-14-24-51(45)60(3,4)53(47)35-40)57-41(38-26-25-36-15-5-6-16-37(36)33-38)31-32-54-56(57)55-48-21-9-7-17-42(48)43-18-8-10-22-49(43)58(55)62-54/h5-35H,1-4H3. The van der Waals surface area contributed by atoms with Crippen LogP contribution in [0, 0.1) is 0 Å². The van der Waals surface area contributed by atoms with E-state index in [4.69, 9.17) is 4.42 Å². The zero-order chi connectivity index (χ0) is 41.5. The number of hydrogen-bond acceptors (Lipinski definition) is 2. The molecule has 62 heavy (non-hydrogen) atoms. The molecule has 0 aliphatic heterocycles. The van der Waals surface area contributed by atoms with Gasteiger partial charge in [-0.15, -0.1) is 0 Å². The van der Waals surface area contributed by atoms with Gasteiger partial charge in [0.25, 0.3) is 0 Å². The Bertz CT molecular complexity index is 3600. The van der Waals surface area contributed by atoms with Gasteiger partial charge in [-0.05, 0) is 119 Å². The molecule has 0 bridgehead atoms. The highest BCUT2D eigenvalue weighted by Gasteiger charge is 2.38. The van der Waals surface area contributed by atoms with Crippen LogP contribution in [0.4, 0.5) is 17.1 Å². The maximum Gasteiger partial charge on any atom is 0.143 e. The van der Waals surface area contributed by atoms with Crippen LogP contribution in [0.1, 0.15) is 49.9 Å². The molecule has 0 saturated carbocycles. The molecule has 0 radical (unpaired) electrons. The predicted octanol–water partition coefficient (Wildman–Crippen LogP) is 16.8. The lowest BCUT2D eigenvalue weighted by Crippen LogP contribution is -2.18. The minimum atomic E-state index is -0.181. The zero-order valence-corrected chi connectivity index (χ0v) is 35.3. The molecule has 0 unspecified atom stereocenters. The van der Waals surface area contributed by atoms with E-state index < -0.39 is 0 Å². The molecule has 0 spiro atoms. The lowest BCUT2D eigenvalue weighted by Gasteiger charge is -2.31. The van der Waals surface area contributed by atoms with Crippen LogP contribution < -0.4 is 4.90 Å². The molecule has 2 aliphatic rings. The van der Waals surface area contributed by atoms with Crippen LogP contribution in [0.2, 0.25) is 0 Å². The Hall–Kier alpha value is -7.42. The Morgan fingerprint density at radius 2 is 0.871 bits per heavy atom. The van der Waals surface area contributed by atoms with Crippen molar-refractivity contribution in [3.8, 4) is 33.4 Å². The van der Waals surface area contributed by atoms with Crippen molar-refractivity contribution in [1.82, 2.24) is 0 Å². The fourth-order valence-corrected chi connectivity index (χ4v) is 11.4. The van der Waals surface area contributed by atoms with Gasteiger partial charge in [0.15, 0.2) is 0 Å². The SMILES string of the molecule is CC1(C)c2ccccc2-c2ccc(N(c3ccc4c(c3)C(C)(C)c3ccccc3-4)c3c(-c4ccc5ccccc5c4)ccc4oc5c6ccccc6c6ccccc6c5c34)cc21. The van der Waals surface area contributed by atoms with Gasteiger partial charge in [0.1, 0.15) is 11.2 Å². The summed E-state index contributed by atoms with van der Waals surface area (Å²) in [5.41, 5.74) is 17.7. The van der Waals surface area contributed by atoms with Gasteiger partial charge in [0.2, 0.25) is 0 Å². The smallest absolute Gasteiger partial charge is 0.143 e. The molecule has 0 fully saturated rings. The van der Waals surface area contributed by atoms with Gasteiger partial charge in [0.05, 0.1) is 11.1 Å². The van der Waals surface area contributed by atoms with E-state index in [1.54, 1.807) is 0 Å². The summed E-state index contributed by atoms with van der Waals surface area (Å²) in [6.45, 7) is 9.51. The summed E-state index contributed by atoms with van der Waals surface area (Å²) in [7, 11) is 0. The van der Waals surface area contributed by atoms with Crippen LogP contribution in [0.25, 0.3) is 87.6 Å². The number of nitrogens with zero attached hydrogens (tertiary/aromatic N) is 1. The van der Waals surface area contributed by atoms with Gasteiger partial charge >= 0.3 is 0 Å². The summed E-state index contributed by atoms with van der Waals surface area (Å²) in [4.78, 5) is 2.56. The fourth-order valence-electron chi connectivity index (χ4n) is 11.4. The number of hydrogen-bond donors (Lipinski definition) is 0. The Kier molecular flexibility index (Phi) is 7.16. The summed E-state index contributed by atoms with van der Waals surface area (Å²) in [6.07, 6.45) is 0. The van der Waals surface area contributed by atoms with Crippen molar-refractivity contribution in [2.45, 2.75) is 38.5 Å². The number of benzene rings is 10. The molecule has 0 atom stereocenters. The van der Waals surface area contributed by atoms with E-state index in [-0.39, 0.29) is 10.8 Å². The van der Waals surface area contributed by atoms with Gasteiger partial charge in [-0.3, -0.25) is 0 Å². The molecule has 0 N–H and O–H groups in total. The Labute approximate surface area is 361 Å². The lowest BCUT2D eigenvalue weighted by atomic mass is 9.82. The van der Waals surface area contributed by atoms with Crippen LogP contribution in [0.15, 0.2) is 192 Å². The molecule has 0 saturated heterocycles. The summed E-state index contributed by atoms with van der Waals surface area (Å²) >= 11 is 0. The predicted molar refractivity (Wildman–Crippen MR) is 261 cm³/mol. The quantitative estimate of drug-likeness (QED) is 0.165. The van der Waals surface area contributed by atoms with Crippen molar-refractivity contribution in [2.24, 2.45) is 0 Å². The molecule has 2 heteroatoms. The van der Waals surface area contributed by atoms with Crippen molar-refractivity contribution < 1.29 is 4.42 Å². The van der Waals surface area contributed by atoms with E-state index in [9.17, 15) is 0 Å². The van der Waals surface area contributed by atoms with E-state index in [2.05, 4.69) is 221 Å². The molecule has 2 nitrogen and oxygen atoms in total. The first-order valence-corrected chi connectivity index (χ1v) is 21.8. The molecular weight excluding hydrogens is 751 g/mol. The zero-order valence-electron chi connectivity index (χ0n) is 35.3. The van der Waals surface area contributed by atoms with E-state index in [1.807, 2.05) is 0 Å². The molecule has 13 rings (SSSR count). The third kappa shape index (κ3) is 4.75. The molecule has 0 amide bonds. The molecule has 2 aliphatic carbocycles. The molecule has 10 aromatic carbocycles. The number of anilines is 3. The largest absolute Gasteiger partial charge is 0.455 e. The third-order valence-corrected chi connectivity index (χ3v) is 14.4. The average molecular weight is 794 g/mol. The Morgan fingerprint density at radius 1 is 0.371 bits per heavy atom. The lowest BCUT2D eigenvalue weighted by molar-refractivity contribution is 0.660. The summed E-state index contributed by atoms with van der Waals surface area (Å²) in [5.74, 6) is 0. The Morgan fingerprint density at radius 3 is 1.52 bits per heavy atom. The van der Waals surface area contributed by atoms with E-state index in [1.165, 1.54) is 71.4 Å². The van der Waals surface area contributed by atoms with Crippen molar-refractivity contribution >= 4 is 71.3 Å². The molecule has 294 valence electrons. The van der Waals surface area contributed by atoms with Crippen molar-refractivity contribution in [3.63, 3.8) is 0 Å². The second-order valence-electron chi connectivity index (χ2n) is 18.4. The fraction of sp³-hybridized carbons (Fsp3) is 0.100. The van der Waals surface area contributed by atoms with Crippen molar-refractivity contribution in [1.29, 1.82) is 0 Å². The highest BCUT2D eigenvalue weighted by Crippen LogP contribution is 2.56. The van der Waals surface area contributed by atoms with E-state index in [0.717, 1.165) is 55.5 Å². The van der Waals surface area contributed by atoms with E-state index >= 15 is 0 Å². The number of furan rings is 1. The van der Waals surface area contributed by atoms with Crippen LogP contribution in [0.5, 0.6) is 0 Å². The first-order valence-electron chi connectivity index (χ1n) is 21.8. The summed E-state index contributed by atoms with van der Waals surface area (Å²) < 4.78 is 7.17. The average Bonchev–Trinajstić information content (AvgIpc) is 3.90. The first kappa shape index (κ1) is 35.3. The topological polar surface area (TPSA) is 16.4 Å². The summed E-state index contributed by atoms with van der Waals surface area (Å²) in [5, 5.41) is 9.42. The van der Waals surface area contributed by atoms with Gasteiger partial charge < -0.3 is 9.32 Å². The third-order valence-electron chi connectivity index (χ3n) is 14.4. The van der Waals surface area contributed by atoms with Crippen LogP contribution in [-0.4, -0.2) is 0 Å². The highest BCUT2D eigenvalue weighted by molar-refractivity contribution is 6.33. The summed E-state index contributed by atoms with van der Waals surface area (Å²) in [6, 6.07) is 69.9. The van der Waals surface area contributed by atoms with Gasteiger partial charge in [0, 0.05) is 38.5 Å². The number of rotatable bonds is 4. The number of fused-ring (bicyclic) bond motifs is 15. The van der Waals surface area contributed by atoms with E-state index in [0.29, 0.717) is 0 Å². The molecule has 1 aromatic heterocycles. The maximum absolute atomic E-state index is 7.17. The molecule has 11 aromatic rings. The molecular formula is C60H43NO. The van der Waals surface area contributed by atoms with Gasteiger partial charge in [-0.25, -0.2) is 0 Å².